The lowest BCUT2D eigenvalue weighted by Gasteiger charge is -2.31. The van der Waals surface area contributed by atoms with E-state index in [1.807, 2.05) is 11.0 Å². The SMILES string of the molecule is O=C1CCN(C(=O)[C@H]2CCc3c(sc4ncnc(Nc5cc6snnc6cc5Cl)c34)C2)CC1. The Balaban J connectivity index is 1.29. The van der Waals surface area contributed by atoms with Crippen molar-refractivity contribution < 1.29 is 9.59 Å². The highest BCUT2D eigenvalue weighted by Crippen LogP contribution is 2.41. The molecule has 0 unspecified atom stereocenters. The number of aromatic nitrogens is 4. The Morgan fingerprint density at radius 2 is 2.03 bits per heavy atom. The molecule has 0 bridgehead atoms. The Hall–Kier alpha value is -2.69. The molecule has 0 saturated carbocycles. The molecule has 0 radical (unpaired) electrons. The molecular weight excluding hydrogens is 480 g/mol. The standard InChI is InChI=1S/C22H19ClN6O2S2/c23-14-8-16-18(33-28-27-16)9-15(14)26-20-19-13-2-1-11(7-17(13)32-21(19)25-10-24-20)22(31)29-5-3-12(30)4-6-29/h8-11H,1-7H2,(H,24,25,26)/t11-/m0/s1. The third-order valence-electron chi connectivity index (χ3n) is 6.42. The summed E-state index contributed by atoms with van der Waals surface area (Å²) in [6, 6.07) is 3.74. The number of hydrogen-bond donors (Lipinski definition) is 1. The molecule has 1 fully saturated rings. The number of benzene rings is 1. The molecule has 1 aromatic carbocycles. The van der Waals surface area contributed by atoms with Crippen molar-refractivity contribution in [1.29, 1.82) is 0 Å². The molecule has 11 heteroatoms. The first-order chi connectivity index (χ1) is 16.1. The lowest BCUT2D eigenvalue weighted by molar-refractivity contribution is -0.138. The first kappa shape index (κ1) is 20.9. The normalized spacial score (nSPS) is 18.6. The quantitative estimate of drug-likeness (QED) is 0.447. The van der Waals surface area contributed by atoms with Crippen molar-refractivity contribution >= 4 is 78.1 Å². The van der Waals surface area contributed by atoms with Crippen LogP contribution in [0.1, 0.15) is 29.7 Å². The van der Waals surface area contributed by atoms with Crippen molar-refractivity contribution in [3.05, 3.63) is 33.9 Å². The summed E-state index contributed by atoms with van der Waals surface area (Å²) in [5.74, 6) is 1.10. The zero-order valence-corrected chi connectivity index (χ0v) is 19.9. The van der Waals surface area contributed by atoms with E-state index in [2.05, 4.69) is 24.9 Å². The van der Waals surface area contributed by atoms with E-state index >= 15 is 0 Å². The highest BCUT2D eigenvalue weighted by molar-refractivity contribution is 7.19. The monoisotopic (exact) mass is 498 g/mol. The Morgan fingerprint density at radius 1 is 1.18 bits per heavy atom. The molecule has 1 N–H and O–H groups in total. The van der Waals surface area contributed by atoms with Gasteiger partial charge in [0, 0.05) is 36.7 Å². The van der Waals surface area contributed by atoms with Gasteiger partial charge in [-0.15, -0.1) is 16.4 Å². The van der Waals surface area contributed by atoms with Gasteiger partial charge in [-0.3, -0.25) is 9.59 Å². The van der Waals surface area contributed by atoms with Crippen LogP contribution in [0.4, 0.5) is 11.5 Å². The van der Waals surface area contributed by atoms with Gasteiger partial charge in [0.2, 0.25) is 5.91 Å². The minimum Gasteiger partial charge on any atom is -0.342 e. The van der Waals surface area contributed by atoms with Crippen LogP contribution in [0, 0.1) is 5.92 Å². The second-order valence-electron chi connectivity index (χ2n) is 8.41. The van der Waals surface area contributed by atoms with Crippen LogP contribution in [-0.2, 0) is 22.4 Å². The molecule has 1 aliphatic heterocycles. The van der Waals surface area contributed by atoms with Crippen molar-refractivity contribution in [2.45, 2.75) is 32.1 Å². The van der Waals surface area contributed by atoms with Crippen LogP contribution < -0.4 is 5.32 Å². The van der Waals surface area contributed by atoms with E-state index in [9.17, 15) is 9.59 Å². The van der Waals surface area contributed by atoms with E-state index in [0.717, 1.165) is 44.8 Å². The first-order valence-electron chi connectivity index (χ1n) is 10.8. The third-order valence-corrected chi connectivity index (χ3v) is 8.58. The zero-order valence-electron chi connectivity index (χ0n) is 17.5. The number of halogens is 1. The van der Waals surface area contributed by atoms with Gasteiger partial charge in [0.05, 0.1) is 20.8 Å². The highest BCUT2D eigenvalue weighted by atomic mass is 35.5. The zero-order chi connectivity index (χ0) is 22.5. The molecule has 1 amide bonds. The number of nitrogens with one attached hydrogen (secondary N) is 1. The fourth-order valence-electron chi connectivity index (χ4n) is 4.68. The Bertz CT molecular complexity index is 1410. The van der Waals surface area contributed by atoms with Crippen molar-refractivity contribution in [1.82, 2.24) is 24.5 Å². The number of carbonyl (C=O) groups excluding carboxylic acids is 2. The van der Waals surface area contributed by atoms with Gasteiger partial charge in [0.1, 0.15) is 28.3 Å². The number of carbonyl (C=O) groups is 2. The second-order valence-corrected chi connectivity index (χ2v) is 10.7. The lowest BCUT2D eigenvalue weighted by Crippen LogP contribution is -2.43. The fourth-order valence-corrected chi connectivity index (χ4v) is 6.73. The molecule has 4 aromatic rings. The summed E-state index contributed by atoms with van der Waals surface area (Å²) in [5, 5.41) is 9.02. The summed E-state index contributed by atoms with van der Waals surface area (Å²) in [6.07, 6.45) is 4.80. The second kappa shape index (κ2) is 8.27. The van der Waals surface area contributed by atoms with Crippen molar-refractivity contribution in [2.24, 2.45) is 5.92 Å². The number of nitrogens with zero attached hydrogens (tertiary/aromatic N) is 5. The van der Waals surface area contributed by atoms with Gasteiger partial charge in [-0.25, -0.2) is 9.97 Å². The number of Topliss-reactive ketones (excluding diaryl/α,β-unsaturated/α-hetero) is 1. The minimum atomic E-state index is -0.0428. The van der Waals surface area contributed by atoms with E-state index < -0.39 is 0 Å². The molecule has 8 nitrogen and oxygen atoms in total. The Morgan fingerprint density at radius 3 is 2.88 bits per heavy atom. The van der Waals surface area contributed by atoms with Crippen LogP contribution in [0.15, 0.2) is 18.5 Å². The minimum absolute atomic E-state index is 0.0428. The van der Waals surface area contributed by atoms with Crippen molar-refractivity contribution in [3.8, 4) is 0 Å². The van der Waals surface area contributed by atoms with Crippen LogP contribution in [0.3, 0.4) is 0 Å². The van der Waals surface area contributed by atoms with Crippen LogP contribution in [0.25, 0.3) is 20.4 Å². The molecule has 6 rings (SSSR count). The largest absolute Gasteiger partial charge is 0.342 e. The van der Waals surface area contributed by atoms with Crippen molar-refractivity contribution in [3.63, 3.8) is 0 Å². The Kier molecular flexibility index (Phi) is 5.23. The summed E-state index contributed by atoms with van der Waals surface area (Å²) in [6.45, 7) is 1.10. The van der Waals surface area contributed by atoms with Crippen LogP contribution in [-0.4, -0.2) is 49.2 Å². The molecule has 2 aliphatic rings. The summed E-state index contributed by atoms with van der Waals surface area (Å²) in [4.78, 5) is 37.6. The molecular formula is C22H19ClN6O2S2. The molecule has 3 aromatic heterocycles. The van der Waals surface area contributed by atoms with Crippen LogP contribution in [0.5, 0.6) is 0 Å². The average Bonchev–Trinajstić information content (AvgIpc) is 3.43. The number of aryl methyl sites for hydroxylation is 1. The van der Waals surface area contributed by atoms with Crippen molar-refractivity contribution in [2.75, 3.05) is 18.4 Å². The van der Waals surface area contributed by atoms with Crippen LogP contribution in [0.2, 0.25) is 5.02 Å². The van der Waals surface area contributed by atoms with Gasteiger partial charge >= 0.3 is 0 Å². The number of fused-ring (bicyclic) bond motifs is 4. The molecule has 0 spiro atoms. The van der Waals surface area contributed by atoms with E-state index in [0.29, 0.717) is 37.4 Å². The maximum Gasteiger partial charge on any atom is 0.226 e. The van der Waals surface area contributed by atoms with Crippen LogP contribution >= 0.6 is 34.5 Å². The number of hydrogen-bond acceptors (Lipinski definition) is 9. The number of ketones is 1. The molecule has 1 saturated heterocycles. The number of anilines is 2. The Labute approximate surface area is 202 Å². The number of amides is 1. The van der Waals surface area contributed by atoms with E-state index in [1.165, 1.54) is 22.0 Å². The predicted molar refractivity (Wildman–Crippen MR) is 129 cm³/mol. The molecule has 1 atom stereocenters. The molecule has 168 valence electrons. The van der Waals surface area contributed by atoms with E-state index in [-0.39, 0.29) is 17.6 Å². The predicted octanol–water partition coefficient (Wildman–Crippen LogP) is 4.39. The van der Waals surface area contributed by atoms with Gasteiger partial charge in [-0.05, 0) is 48.5 Å². The lowest BCUT2D eigenvalue weighted by atomic mass is 9.86. The summed E-state index contributed by atoms with van der Waals surface area (Å²) < 4.78 is 4.93. The van der Waals surface area contributed by atoms with E-state index in [1.54, 1.807) is 23.7 Å². The molecule has 4 heterocycles. The van der Waals surface area contributed by atoms with Gasteiger partial charge < -0.3 is 10.2 Å². The van der Waals surface area contributed by atoms with Gasteiger partial charge in [-0.1, -0.05) is 16.1 Å². The number of likely N-dealkylation sites (tertiary alicyclic amines) is 1. The average molecular weight is 499 g/mol. The third kappa shape index (κ3) is 3.75. The maximum absolute atomic E-state index is 13.1. The number of rotatable bonds is 3. The number of thiophene rings is 1. The van der Waals surface area contributed by atoms with Gasteiger partial charge in [-0.2, -0.15) is 0 Å². The highest BCUT2D eigenvalue weighted by Gasteiger charge is 2.32. The first-order valence-corrected chi connectivity index (χ1v) is 12.8. The smallest absolute Gasteiger partial charge is 0.226 e. The molecule has 1 aliphatic carbocycles. The molecule has 33 heavy (non-hydrogen) atoms. The summed E-state index contributed by atoms with van der Waals surface area (Å²) >= 11 is 9.44. The van der Waals surface area contributed by atoms with Gasteiger partial charge in [0.25, 0.3) is 0 Å². The summed E-state index contributed by atoms with van der Waals surface area (Å²) in [5.41, 5.74) is 2.73. The maximum atomic E-state index is 13.1. The fraction of sp³-hybridized carbons (Fsp3) is 0.364. The number of piperidine rings is 1. The summed E-state index contributed by atoms with van der Waals surface area (Å²) in [7, 11) is 0. The van der Waals surface area contributed by atoms with Gasteiger partial charge in [0.15, 0.2) is 0 Å². The topological polar surface area (TPSA) is 101 Å². The van der Waals surface area contributed by atoms with E-state index in [4.69, 9.17) is 11.6 Å².